The first-order chi connectivity index (χ1) is 13.5. The number of amides is 2. The fourth-order valence-corrected chi connectivity index (χ4v) is 3.16. The van der Waals surface area contributed by atoms with E-state index in [4.69, 9.17) is 10.5 Å². The highest BCUT2D eigenvalue weighted by Gasteiger charge is 2.17. The van der Waals surface area contributed by atoms with Crippen molar-refractivity contribution in [1.29, 1.82) is 0 Å². The van der Waals surface area contributed by atoms with E-state index < -0.39 is 6.03 Å². The zero-order chi connectivity index (χ0) is 20.4. The number of nitrogens with zero attached hydrogens (tertiary/aromatic N) is 2. The molecule has 5 nitrogen and oxygen atoms in total. The van der Waals surface area contributed by atoms with Gasteiger partial charge in [0, 0.05) is 24.8 Å². The van der Waals surface area contributed by atoms with Crippen LogP contribution in [-0.2, 0) is 6.61 Å². The molecule has 0 saturated heterocycles. The quantitative estimate of drug-likeness (QED) is 0.495. The fourth-order valence-electron chi connectivity index (χ4n) is 3.16. The van der Waals surface area contributed by atoms with E-state index in [2.05, 4.69) is 25.7 Å². The molecule has 0 spiro atoms. The highest BCUT2D eigenvalue weighted by atomic mass is 79.9. The molecule has 2 rings (SSSR count). The summed E-state index contributed by atoms with van der Waals surface area (Å²) in [7, 11) is 0. The van der Waals surface area contributed by atoms with Crippen LogP contribution in [0.2, 0.25) is 0 Å². The summed E-state index contributed by atoms with van der Waals surface area (Å²) in [5.74, 6) is 0.768. The molecular weight excluding hydrogens is 430 g/mol. The molecule has 2 aromatic rings. The average Bonchev–Trinajstić information content (AvgIpc) is 2.72. The summed E-state index contributed by atoms with van der Waals surface area (Å²) >= 11 is 0. The number of halogens is 1. The molecule has 6 heteroatoms. The van der Waals surface area contributed by atoms with Gasteiger partial charge in [0.05, 0.1) is 0 Å². The lowest BCUT2D eigenvalue weighted by Gasteiger charge is -2.30. The first-order valence-electron chi connectivity index (χ1n) is 10.1. The summed E-state index contributed by atoms with van der Waals surface area (Å²) in [6.45, 7) is 9.50. The van der Waals surface area contributed by atoms with Gasteiger partial charge in [0.25, 0.3) is 0 Å². The lowest BCUT2D eigenvalue weighted by molar-refractivity contribution is 0.207. The minimum Gasteiger partial charge on any atom is -0.489 e. The minimum atomic E-state index is -0.432. The van der Waals surface area contributed by atoms with Gasteiger partial charge in [-0.3, -0.25) is 9.80 Å². The molecule has 2 aromatic carbocycles. The van der Waals surface area contributed by atoms with Crippen LogP contribution in [-0.4, -0.2) is 36.6 Å². The number of carbonyl (C=O) groups excluding carboxylic acids is 1. The Labute approximate surface area is 185 Å². The molecule has 2 N–H and O–H groups in total. The van der Waals surface area contributed by atoms with Gasteiger partial charge >= 0.3 is 6.03 Å². The second-order valence-electron chi connectivity index (χ2n) is 7.05. The number of ether oxygens (including phenoxy) is 1. The van der Waals surface area contributed by atoms with Crippen LogP contribution in [0.1, 0.15) is 39.2 Å². The third-order valence-electron chi connectivity index (χ3n) is 5.00. The summed E-state index contributed by atoms with van der Waals surface area (Å²) in [5, 5.41) is 0. The molecule has 1 unspecified atom stereocenters. The topological polar surface area (TPSA) is 58.8 Å². The maximum atomic E-state index is 12.0. The lowest BCUT2D eigenvalue weighted by Crippen LogP contribution is -2.44. The van der Waals surface area contributed by atoms with Crippen LogP contribution < -0.4 is 15.4 Å². The molecule has 0 fully saturated rings. The molecule has 2 amide bonds. The van der Waals surface area contributed by atoms with E-state index in [1.807, 2.05) is 54.6 Å². The van der Waals surface area contributed by atoms with Crippen molar-refractivity contribution in [2.75, 3.05) is 24.5 Å². The maximum absolute atomic E-state index is 12.0. The summed E-state index contributed by atoms with van der Waals surface area (Å²) in [4.78, 5) is 16.0. The first kappa shape index (κ1) is 25.0. The Morgan fingerprint density at radius 2 is 1.66 bits per heavy atom. The number of anilines is 1. The Bertz CT molecular complexity index is 710. The fraction of sp³-hybridized carbons (Fsp3) is 0.435. The van der Waals surface area contributed by atoms with Crippen molar-refractivity contribution in [3.05, 3.63) is 60.2 Å². The van der Waals surface area contributed by atoms with Gasteiger partial charge in [-0.2, -0.15) is 0 Å². The van der Waals surface area contributed by atoms with Gasteiger partial charge in [-0.15, -0.1) is 17.0 Å². The molecule has 0 aliphatic heterocycles. The van der Waals surface area contributed by atoms with Crippen molar-refractivity contribution in [2.24, 2.45) is 5.73 Å². The lowest BCUT2D eigenvalue weighted by atomic mass is 10.2. The van der Waals surface area contributed by atoms with Crippen molar-refractivity contribution in [3.8, 4) is 5.75 Å². The SMILES string of the molecule is Br.CCCN(CCN(C(N)=O)c1ccc(OCc2ccccc2)cc1)C(C)CC. The standard InChI is InChI=1S/C23H33N3O2.BrH/c1-4-15-25(19(3)5-2)16-17-26(23(24)27)21-11-13-22(14-12-21)28-18-20-9-7-6-8-10-20;/h6-14,19H,4-5,15-18H2,1-3H3,(H2,24,27);1H. The van der Waals surface area contributed by atoms with Gasteiger partial charge in [-0.05, 0) is 56.1 Å². The van der Waals surface area contributed by atoms with E-state index in [1.165, 1.54) is 0 Å². The van der Waals surface area contributed by atoms with Crippen LogP contribution in [0, 0.1) is 0 Å². The Balaban J connectivity index is 0.00000420. The molecule has 0 aliphatic carbocycles. The third-order valence-corrected chi connectivity index (χ3v) is 5.00. The summed E-state index contributed by atoms with van der Waals surface area (Å²) in [6, 6.07) is 17.6. The molecule has 0 saturated carbocycles. The number of carbonyl (C=O) groups is 1. The zero-order valence-electron chi connectivity index (χ0n) is 17.7. The predicted molar refractivity (Wildman–Crippen MR) is 126 cm³/mol. The van der Waals surface area contributed by atoms with E-state index >= 15 is 0 Å². The van der Waals surface area contributed by atoms with E-state index in [1.54, 1.807) is 4.90 Å². The molecule has 0 bridgehead atoms. The zero-order valence-corrected chi connectivity index (χ0v) is 19.4. The summed E-state index contributed by atoms with van der Waals surface area (Å²) < 4.78 is 5.82. The van der Waals surface area contributed by atoms with Crippen molar-refractivity contribution >= 4 is 28.7 Å². The summed E-state index contributed by atoms with van der Waals surface area (Å²) in [5.41, 5.74) is 7.56. The third kappa shape index (κ3) is 8.07. The normalized spacial score (nSPS) is 11.6. The Kier molecular flexibility index (Phi) is 11.4. The van der Waals surface area contributed by atoms with E-state index in [0.29, 0.717) is 19.2 Å². The second-order valence-corrected chi connectivity index (χ2v) is 7.05. The highest BCUT2D eigenvalue weighted by molar-refractivity contribution is 8.93. The molecular formula is C23H34BrN3O2. The van der Waals surface area contributed by atoms with Gasteiger partial charge in [-0.25, -0.2) is 4.79 Å². The molecule has 0 aliphatic rings. The van der Waals surface area contributed by atoms with Crippen molar-refractivity contribution in [1.82, 2.24) is 4.90 Å². The van der Waals surface area contributed by atoms with Gasteiger partial charge < -0.3 is 10.5 Å². The number of primary amides is 1. The van der Waals surface area contributed by atoms with Crippen LogP contribution in [0.5, 0.6) is 5.75 Å². The molecule has 0 aromatic heterocycles. The van der Waals surface area contributed by atoms with E-state index in [0.717, 1.165) is 42.9 Å². The Morgan fingerprint density at radius 3 is 2.21 bits per heavy atom. The number of benzene rings is 2. The molecule has 160 valence electrons. The van der Waals surface area contributed by atoms with E-state index in [9.17, 15) is 4.79 Å². The highest BCUT2D eigenvalue weighted by Crippen LogP contribution is 2.20. The molecule has 0 heterocycles. The van der Waals surface area contributed by atoms with Gasteiger partial charge in [0.15, 0.2) is 0 Å². The van der Waals surface area contributed by atoms with Crippen LogP contribution in [0.25, 0.3) is 0 Å². The van der Waals surface area contributed by atoms with Gasteiger partial charge in [-0.1, -0.05) is 44.2 Å². The van der Waals surface area contributed by atoms with Gasteiger partial charge in [0.1, 0.15) is 12.4 Å². The van der Waals surface area contributed by atoms with Crippen molar-refractivity contribution in [2.45, 2.75) is 46.3 Å². The average molecular weight is 464 g/mol. The Hall–Kier alpha value is -2.05. The first-order valence-corrected chi connectivity index (χ1v) is 10.1. The smallest absolute Gasteiger partial charge is 0.319 e. The number of hydrogen-bond donors (Lipinski definition) is 1. The van der Waals surface area contributed by atoms with Gasteiger partial charge in [0.2, 0.25) is 0 Å². The van der Waals surface area contributed by atoms with Crippen LogP contribution in [0.4, 0.5) is 10.5 Å². The monoisotopic (exact) mass is 463 g/mol. The second kappa shape index (κ2) is 13.2. The van der Waals surface area contributed by atoms with Crippen molar-refractivity contribution in [3.63, 3.8) is 0 Å². The predicted octanol–water partition coefficient (Wildman–Crippen LogP) is 5.24. The van der Waals surface area contributed by atoms with Crippen molar-refractivity contribution < 1.29 is 9.53 Å². The largest absolute Gasteiger partial charge is 0.489 e. The van der Waals surface area contributed by atoms with Crippen LogP contribution in [0.15, 0.2) is 54.6 Å². The van der Waals surface area contributed by atoms with E-state index in [-0.39, 0.29) is 17.0 Å². The molecule has 29 heavy (non-hydrogen) atoms. The number of nitrogens with two attached hydrogens (primary N) is 1. The summed E-state index contributed by atoms with van der Waals surface area (Å²) in [6.07, 6.45) is 2.18. The molecule has 0 radical (unpaired) electrons. The number of rotatable bonds is 11. The number of urea groups is 1. The minimum absolute atomic E-state index is 0. The number of hydrogen-bond acceptors (Lipinski definition) is 3. The van der Waals surface area contributed by atoms with Crippen LogP contribution in [0.3, 0.4) is 0 Å². The molecule has 1 atom stereocenters. The Morgan fingerprint density at radius 1 is 1.00 bits per heavy atom. The maximum Gasteiger partial charge on any atom is 0.319 e. The van der Waals surface area contributed by atoms with Crippen LogP contribution >= 0.6 is 17.0 Å².